The Balaban J connectivity index is 1.63. The molecule has 1 aliphatic rings. The smallest absolute Gasteiger partial charge is 0.213 e. The quantitative estimate of drug-likeness (QED) is 0.922. The van der Waals surface area contributed by atoms with E-state index in [0.717, 1.165) is 25.2 Å². The first-order chi connectivity index (χ1) is 11.2. The lowest BCUT2D eigenvalue weighted by Crippen LogP contribution is -2.11. The summed E-state index contributed by atoms with van der Waals surface area (Å²) in [6.07, 6.45) is 2.10. The number of pyridine rings is 1. The minimum absolute atomic E-state index is 0.0962. The molecule has 2 heterocycles. The molecule has 2 aromatic rings. The van der Waals surface area contributed by atoms with Crippen LogP contribution in [0.4, 0.5) is 4.39 Å². The Morgan fingerprint density at radius 2 is 2.26 bits per heavy atom. The third kappa shape index (κ3) is 4.05. The molecular weight excluding hydrogens is 293 g/mol. The molecule has 1 atom stereocenters. The van der Waals surface area contributed by atoms with Crippen molar-refractivity contribution in [1.29, 1.82) is 5.26 Å². The fourth-order valence-corrected chi connectivity index (χ4v) is 2.72. The number of hydrogen-bond acceptors (Lipinski definition) is 4. The molecule has 1 fully saturated rings. The van der Waals surface area contributed by atoms with Gasteiger partial charge in [-0.2, -0.15) is 5.26 Å². The maximum atomic E-state index is 13.8. The number of halogens is 1. The number of nitrogens with zero attached hydrogens (tertiary/aromatic N) is 2. The first-order valence-electron chi connectivity index (χ1n) is 7.72. The third-order valence-corrected chi connectivity index (χ3v) is 4.00. The molecule has 1 saturated heterocycles. The monoisotopic (exact) mass is 311 g/mol. The molecule has 1 unspecified atom stereocenters. The van der Waals surface area contributed by atoms with Crippen LogP contribution in [0.15, 0.2) is 36.4 Å². The average Bonchev–Trinajstić information content (AvgIpc) is 3.07. The summed E-state index contributed by atoms with van der Waals surface area (Å²) in [4.78, 5) is 4.49. The van der Waals surface area contributed by atoms with E-state index in [9.17, 15) is 4.39 Å². The normalized spacial score (nSPS) is 17.0. The molecule has 0 spiro atoms. The van der Waals surface area contributed by atoms with Gasteiger partial charge in [-0.25, -0.2) is 9.37 Å². The lowest BCUT2D eigenvalue weighted by atomic mass is 10.0. The average molecular weight is 311 g/mol. The van der Waals surface area contributed by atoms with E-state index in [-0.39, 0.29) is 6.61 Å². The van der Waals surface area contributed by atoms with Crippen molar-refractivity contribution in [2.75, 3.05) is 13.1 Å². The van der Waals surface area contributed by atoms with Gasteiger partial charge in [-0.1, -0.05) is 12.1 Å². The Labute approximate surface area is 134 Å². The Morgan fingerprint density at radius 3 is 3.00 bits per heavy atom. The first-order valence-corrected chi connectivity index (χ1v) is 7.72. The van der Waals surface area contributed by atoms with Crippen LogP contribution < -0.4 is 10.1 Å². The minimum atomic E-state index is -0.433. The molecule has 3 rings (SSSR count). The summed E-state index contributed by atoms with van der Waals surface area (Å²) in [6.45, 7) is 2.20. The van der Waals surface area contributed by atoms with Crippen LogP contribution in [0.5, 0.6) is 5.88 Å². The summed E-state index contributed by atoms with van der Waals surface area (Å²) in [5.74, 6) is 0.683. The highest BCUT2D eigenvalue weighted by molar-refractivity contribution is 5.32. The number of hydrogen-bond donors (Lipinski definition) is 1. The van der Waals surface area contributed by atoms with Crippen molar-refractivity contribution in [2.45, 2.75) is 19.4 Å². The number of nitriles is 1. The van der Waals surface area contributed by atoms with Crippen molar-refractivity contribution < 1.29 is 9.13 Å². The molecule has 0 aliphatic carbocycles. The largest absolute Gasteiger partial charge is 0.473 e. The van der Waals surface area contributed by atoms with Gasteiger partial charge in [0, 0.05) is 17.3 Å². The number of aromatic nitrogens is 1. The molecule has 1 N–H and O–H groups in total. The molecule has 1 aromatic carbocycles. The molecule has 1 aromatic heterocycles. The summed E-state index contributed by atoms with van der Waals surface area (Å²) in [7, 11) is 0. The minimum Gasteiger partial charge on any atom is -0.473 e. The predicted octanol–water partition coefficient (Wildman–Crippen LogP) is 2.82. The molecule has 1 aliphatic heterocycles. The van der Waals surface area contributed by atoms with Gasteiger partial charge in [0.05, 0.1) is 11.6 Å². The highest BCUT2D eigenvalue weighted by atomic mass is 19.1. The SMILES string of the molecule is N#Cc1ccc(COc2cccc(CC3CCNC3)n2)c(F)c1. The second-order valence-corrected chi connectivity index (χ2v) is 5.74. The maximum Gasteiger partial charge on any atom is 0.213 e. The third-order valence-electron chi connectivity index (χ3n) is 4.00. The second-order valence-electron chi connectivity index (χ2n) is 5.74. The van der Waals surface area contributed by atoms with Crippen molar-refractivity contribution in [3.63, 3.8) is 0 Å². The molecule has 0 saturated carbocycles. The van der Waals surface area contributed by atoms with Gasteiger partial charge in [-0.3, -0.25) is 0 Å². The van der Waals surface area contributed by atoms with Gasteiger partial charge in [0.2, 0.25) is 5.88 Å². The molecule has 118 valence electrons. The van der Waals surface area contributed by atoms with Gasteiger partial charge < -0.3 is 10.1 Å². The lowest BCUT2D eigenvalue weighted by Gasteiger charge is -2.10. The Bertz CT molecular complexity index is 720. The zero-order chi connectivity index (χ0) is 16.1. The summed E-state index contributed by atoms with van der Waals surface area (Å²) in [5, 5.41) is 12.1. The molecule has 5 heteroatoms. The molecule has 23 heavy (non-hydrogen) atoms. The summed E-state index contributed by atoms with van der Waals surface area (Å²) < 4.78 is 19.4. The fraction of sp³-hybridized carbons (Fsp3) is 0.333. The molecular formula is C18H18FN3O. The predicted molar refractivity (Wildman–Crippen MR) is 84.4 cm³/mol. The van der Waals surface area contributed by atoms with Crippen molar-refractivity contribution in [3.05, 3.63) is 59.0 Å². The van der Waals surface area contributed by atoms with Gasteiger partial charge >= 0.3 is 0 Å². The molecule has 4 nitrogen and oxygen atoms in total. The van der Waals surface area contributed by atoms with Crippen LogP contribution in [0, 0.1) is 23.1 Å². The van der Waals surface area contributed by atoms with E-state index in [0.29, 0.717) is 22.9 Å². The van der Waals surface area contributed by atoms with E-state index in [4.69, 9.17) is 10.00 Å². The standard InChI is InChI=1S/C18H18FN3O/c19-17-9-13(10-20)4-5-15(17)12-23-18-3-1-2-16(22-18)8-14-6-7-21-11-14/h1-5,9,14,21H,6-8,11-12H2. The summed E-state index contributed by atoms with van der Waals surface area (Å²) in [6, 6.07) is 12.0. The number of nitrogens with one attached hydrogen (secondary N) is 1. The number of ether oxygens (including phenoxy) is 1. The zero-order valence-corrected chi connectivity index (χ0v) is 12.8. The van der Waals surface area contributed by atoms with Crippen molar-refractivity contribution in [3.8, 4) is 11.9 Å². The molecule has 0 amide bonds. The fourth-order valence-electron chi connectivity index (χ4n) is 2.72. The zero-order valence-electron chi connectivity index (χ0n) is 12.8. The first kappa shape index (κ1) is 15.4. The Hall–Kier alpha value is -2.45. The van der Waals surface area contributed by atoms with Gasteiger partial charge in [-0.15, -0.1) is 0 Å². The topological polar surface area (TPSA) is 57.9 Å². The van der Waals surface area contributed by atoms with E-state index in [1.807, 2.05) is 18.2 Å². The van der Waals surface area contributed by atoms with Crippen LogP contribution in [0.1, 0.15) is 23.2 Å². The summed E-state index contributed by atoms with van der Waals surface area (Å²) in [5.41, 5.74) is 1.71. The van der Waals surface area contributed by atoms with Gasteiger partial charge in [0.15, 0.2) is 0 Å². The molecule has 0 bridgehead atoms. The highest BCUT2D eigenvalue weighted by Crippen LogP contribution is 2.17. The van der Waals surface area contributed by atoms with Crippen LogP contribution in [0.2, 0.25) is 0 Å². The number of benzene rings is 1. The Kier molecular flexibility index (Phi) is 4.84. The van der Waals surface area contributed by atoms with E-state index in [1.165, 1.54) is 12.5 Å². The van der Waals surface area contributed by atoms with E-state index < -0.39 is 5.82 Å². The van der Waals surface area contributed by atoms with Crippen LogP contribution in [-0.2, 0) is 13.0 Å². The van der Waals surface area contributed by atoms with E-state index in [1.54, 1.807) is 18.2 Å². The van der Waals surface area contributed by atoms with Crippen molar-refractivity contribution >= 4 is 0 Å². The van der Waals surface area contributed by atoms with Crippen molar-refractivity contribution in [1.82, 2.24) is 10.3 Å². The van der Waals surface area contributed by atoms with E-state index in [2.05, 4.69) is 10.3 Å². The van der Waals surface area contributed by atoms with Crippen LogP contribution in [0.3, 0.4) is 0 Å². The van der Waals surface area contributed by atoms with Crippen LogP contribution in [0.25, 0.3) is 0 Å². The Morgan fingerprint density at radius 1 is 1.35 bits per heavy atom. The van der Waals surface area contributed by atoms with Gasteiger partial charge in [0.1, 0.15) is 12.4 Å². The van der Waals surface area contributed by atoms with Gasteiger partial charge in [0.25, 0.3) is 0 Å². The maximum absolute atomic E-state index is 13.8. The lowest BCUT2D eigenvalue weighted by molar-refractivity contribution is 0.287. The second kappa shape index (κ2) is 7.21. The number of rotatable bonds is 5. The van der Waals surface area contributed by atoms with Gasteiger partial charge in [-0.05, 0) is 50.0 Å². The highest BCUT2D eigenvalue weighted by Gasteiger charge is 2.15. The van der Waals surface area contributed by atoms with E-state index >= 15 is 0 Å². The van der Waals surface area contributed by atoms with Crippen molar-refractivity contribution in [2.24, 2.45) is 5.92 Å². The van der Waals surface area contributed by atoms with Crippen LogP contribution in [-0.4, -0.2) is 18.1 Å². The molecule has 0 radical (unpaired) electrons. The van der Waals surface area contributed by atoms with Crippen LogP contribution >= 0.6 is 0 Å². The summed E-state index contributed by atoms with van der Waals surface area (Å²) >= 11 is 0.